The highest BCUT2D eigenvalue weighted by atomic mass is 16.5. The second-order valence-corrected chi connectivity index (χ2v) is 4.74. The summed E-state index contributed by atoms with van der Waals surface area (Å²) in [6, 6.07) is 8.19. The number of nitrogens with one attached hydrogen (secondary N) is 1. The number of ether oxygens (including phenoxy) is 1. The fourth-order valence-electron chi connectivity index (χ4n) is 2.02. The van der Waals surface area contributed by atoms with Gasteiger partial charge in [-0.1, -0.05) is 24.3 Å². The van der Waals surface area contributed by atoms with Gasteiger partial charge in [-0.25, -0.2) is 0 Å². The lowest BCUT2D eigenvalue weighted by atomic mass is 10.00. The van der Waals surface area contributed by atoms with Crippen LogP contribution in [0.1, 0.15) is 30.4 Å². The van der Waals surface area contributed by atoms with Crippen molar-refractivity contribution in [1.29, 1.82) is 0 Å². The van der Waals surface area contributed by atoms with E-state index in [0.717, 1.165) is 31.7 Å². The Morgan fingerprint density at radius 2 is 2.22 bits per heavy atom. The van der Waals surface area contributed by atoms with Gasteiger partial charge in [0.25, 0.3) is 0 Å². The Bertz CT molecular complexity index is 396. The number of benzene rings is 1. The summed E-state index contributed by atoms with van der Waals surface area (Å²) in [5, 5.41) is 12.4. The Kier molecular flexibility index (Phi) is 4.33. The second-order valence-electron chi connectivity index (χ2n) is 4.74. The van der Waals surface area contributed by atoms with E-state index in [4.69, 9.17) is 9.84 Å². The number of hydrogen-bond acceptors (Lipinski definition) is 3. The topological polar surface area (TPSA) is 58.6 Å². The van der Waals surface area contributed by atoms with Crippen molar-refractivity contribution in [2.24, 2.45) is 0 Å². The molecule has 1 heterocycles. The minimum atomic E-state index is -0.788. The predicted octanol–water partition coefficient (Wildman–Crippen LogP) is 1.75. The number of carboxylic acids is 1. The van der Waals surface area contributed by atoms with Gasteiger partial charge in [-0.05, 0) is 24.5 Å². The summed E-state index contributed by atoms with van der Waals surface area (Å²) in [4.78, 5) is 10.9. The molecule has 1 aromatic rings. The van der Waals surface area contributed by atoms with Gasteiger partial charge in [0.1, 0.15) is 0 Å². The molecule has 4 heteroatoms. The van der Waals surface area contributed by atoms with E-state index < -0.39 is 11.9 Å². The number of carbonyl (C=O) groups is 1. The van der Waals surface area contributed by atoms with Crippen molar-refractivity contribution >= 4 is 5.97 Å². The molecule has 2 atom stereocenters. The molecular weight excluding hydrogens is 230 g/mol. The number of aliphatic carboxylic acids is 1. The van der Waals surface area contributed by atoms with Crippen LogP contribution in [0.15, 0.2) is 24.3 Å². The summed E-state index contributed by atoms with van der Waals surface area (Å²) in [6.07, 6.45) is 1.06. The Hall–Kier alpha value is -1.39. The van der Waals surface area contributed by atoms with E-state index >= 15 is 0 Å². The van der Waals surface area contributed by atoms with Gasteiger partial charge in [0.15, 0.2) is 0 Å². The zero-order valence-corrected chi connectivity index (χ0v) is 10.6. The lowest BCUT2D eigenvalue weighted by Crippen LogP contribution is -2.28. The van der Waals surface area contributed by atoms with Crippen LogP contribution in [-0.4, -0.2) is 30.3 Å². The molecule has 98 valence electrons. The molecule has 1 aromatic carbocycles. The van der Waals surface area contributed by atoms with Crippen LogP contribution in [0.5, 0.6) is 0 Å². The van der Waals surface area contributed by atoms with Crippen molar-refractivity contribution in [3.05, 3.63) is 35.4 Å². The van der Waals surface area contributed by atoms with E-state index in [1.807, 2.05) is 24.3 Å². The monoisotopic (exact) mass is 249 g/mol. The first kappa shape index (κ1) is 13.1. The van der Waals surface area contributed by atoms with Crippen LogP contribution < -0.4 is 5.32 Å². The zero-order chi connectivity index (χ0) is 13.0. The number of carboxylic acid groups (broad SMARTS) is 1. The first-order valence-corrected chi connectivity index (χ1v) is 6.29. The first-order chi connectivity index (χ1) is 8.66. The third kappa shape index (κ3) is 3.31. The van der Waals surface area contributed by atoms with E-state index in [-0.39, 0.29) is 0 Å². The van der Waals surface area contributed by atoms with Gasteiger partial charge in [-0.3, -0.25) is 4.79 Å². The van der Waals surface area contributed by atoms with Crippen LogP contribution in [0.2, 0.25) is 0 Å². The molecule has 0 radical (unpaired) electrons. The van der Waals surface area contributed by atoms with E-state index in [2.05, 4.69) is 5.32 Å². The van der Waals surface area contributed by atoms with E-state index in [1.54, 1.807) is 6.92 Å². The lowest BCUT2D eigenvalue weighted by molar-refractivity contribution is -0.138. The third-order valence-corrected chi connectivity index (χ3v) is 3.37. The summed E-state index contributed by atoms with van der Waals surface area (Å²) in [5.41, 5.74) is 2.01. The van der Waals surface area contributed by atoms with Crippen LogP contribution in [0.25, 0.3) is 0 Å². The minimum absolute atomic E-state index is 0.447. The first-order valence-electron chi connectivity index (χ1n) is 6.29. The maximum atomic E-state index is 10.9. The van der Waals surface area contributed by atoms with E-state index in [1.165, 1.54) is 5.56 Å². The summed E-state index contributed by atoms with van der Waals surface area (Å²) in [6.45, 7) is 4.13. The molecule has 0 aliphatic carbocycles. The maximum Gasteiger partial charge on any atom is 0.310 e. The fourth-order valence-corrected chi connectivity index (χ4v) is 2.02. The molecule has 2 unspecified atom stereocenters. The second kappa shape index (κ2) is 5.98. The normalized spacial score (nSPS) is 20.8. The smallest absolute Gasteiger partial charge is 0.310 e. The number of hydrogen-bond donors (Lipinski definition) is 2. The van der Waals surface area contributed by atoms with Crippen molar-refractivity contribution in [2.45, 2.75) is 31.8 Å². The molecule has 0 aromatic heterocycles. The molecule has 1 saturated heterocycles. The highest BCUT2D eigenvalue weighted by Crippen LogP contribution is 2.16. The largest absolute Gasteiger partial charge is 0.481 e. The zero-order valence-electron chi connectivity index (χ0n) is 10.6. The highest BCUT2D eigenvalue weighted by molar-refractivity contribution is 5.75. The summed E-state index contributed by atoms with van der Waals surface area (Å²) in [5.74, 6) is -1.24. The quantitative estimate of drug-likeness (QED) is 0.834. The average molecular weight is 249 g/mol. The van der Waals surface area contributed by atoms with E-state index in [9.17, 15) is 4.79 Å². The molecule has 0 bridgehead atoms. The molecule has 2 rings (SSSR count). The van der Waals surface area contributed by atoms with Gasteiger partial charge < -0.3 is 15.2 Å². The minimum Gasteiger partial charge on any atom is -0.481 e. The fraction of sp³-hybridized carbons (Fsp3) is 0.500. The van der Waals surface area contributed by atoms with Crippen molar-refractivity contribution in [3.8, 4) is 0 Å². The molecule has 2 N–H and O–H groups in total. The van der Waals surface area contributed by atoms with Gasteiger partial charge in [-0.15, -0.1) is 0 Å². The van der Waals surface area contributed by atoms with Gasteiger partial charge in [0, 0.05) is 19.2 Å². The molecule has 0 amide bonds. The van der Waals surface area contributed by atoms with Crippen LogP contribution in [0.3, 0.4) is 0 Å². The maximum absolute atomic E-state index is 10.9. The van der Waals surface area contributed by atoms with Gasteiger partial charge in [-0.2, -0.15) is 0 Å². The number of rotatable bonds is 5. The molecule has 1 aliphatic heterocycles. The third-order valence-electron chi connectivity index (χ3n) is 3.37. The van der Waals surface area contributed by atoms with Crippen molar-refractivity contribution in [1.82, 2.24) is 5.32 Å². The average Bonchev–Trinajstić information content (AvgIpc) is 2.89. The van der Waals surface area contributed by atoms with Crippen LogP contribution in [-0.2, 0) is 16.1 Å². The van der Waals surface area contributed by atoms with Crippen molar-refractivity contribution in [2.75, 3.05) is 13.2 Å². The molecule has 0 saturated carbocycles. The Morgan fingerprint density at radius 1 is 1.50 bits per heavy atom. The van der Waals surface area contributed by atoms with Crippen LogP contribution in [0, 0.1) is 0 Å². The Balaban J connectivity index is 1.88. The Morgan fingerprint density at radius 3 is 2.78 bits per heavy atom. The molecule has 1 fully saturated rings. The van der Waals surface area contributed by atoms with E-state index in [0.29, 0.717) is 6.04 Å². The Labute approximate surface area is 107 Å². The SMILES string of the molecule is CC(C(=O)O)c1ccc(CNC2CCOC2)cc1. The molecule has 1 aliphatic rings. The molecule has 18 heavy (non-hydrogen) atoms. The van der Waals surface area contributed by atoms with Crippen molar-refractivity contribution < 1.29 is 14.6 Å². The van der Waals surface area contributed by atoms with Gasteiger partial charge >= 0.3 is 5.97 Å². The summed E-state index contributed by atoms with van der Waals surface area (Å²) >= 11 is 0. The molecule has 4 nitrogen and oxygen atoms in total. The molecule has 0 spiro atoms. The van der Waals surface area contributed by atoms with Crippen LogP contribution >= 0.6 is 0 Å². The lowest BCUT2D eigenvalue weighted by Gasteiger charge is -2.11. The van der Waals surface area contributed by atoms with Gasteiger partial charge in [0.2, 0.25) is 0 Å². The van der Waals surface area contributed by atoms with Crippen molar-refractivity contribution in [3.63, 3.8) is 0 Å². The summed E-state index contributed by atoms with van der Waals surface area (Å²) in [7, 11) is 0. The predicted molar refractivity (Wildman–Crippen MR) is 68.6 cm³/mol. The van der Waals surface area contributed by atoms with Gasteiger partial charge in [0.05, 0.1) is 12.5 Å². The highest BCUT2D eigenvalue weighted by Gasteiger charge is 2.15. The molecular formula is C14H19NO3. The summed E-state index contributed by atoms with van der Waals surface area (Å²) < 4.78 is 5.29. The van der Waals surface area contributed by atoms with Crippen LogP contribution in [0.4, 0.5) is 0 Å². The standard InChI is InChI=1S/C14H19NO3/c1-10(14(16)17)12-4-2-11(3-5-12)8-15-13-6-7-18-9-13/h2-5,10,13,15H,6-9H2,1H3,(H,16,17).